The van der Waals surface area contributed by atoms with E-state index in [2.05, 4.69) is 17.4 Å². The molecule has 0 bridgehead atoms. The van der Waals surface area contributed by atoms with Crippen LogP contribution in [0, 0.1) is 5.92 Å². The van der Waals surface area contributed by atoms with Gasteiger partial charge in [0.15, 0.2) is 5.84 Å². The summed E-state index contributed by atoms with van der Waals surface area (Å²) in [5.41, 5.74) is 5.64. The van der Waals surface area contributed by atoms with Crippen molar-refractivity contribution in [3.05, 3.63) is 0 Å². The maximum atomic E-state index is 8.68. The summed E-state index contributed by atoms with van der Waals surface area (Å²) in [6.45, 7) is 4.26. The van der Waals surface area contributed by atoms with Gasteiger partial charge in [-0.05, 0) is 32.1 Å². The number of nitrogens with one attached hydrogen (secondary N) is 1. The van der Waals surface area contributed by atoms with Crippen molar-refractivity contribution in [2.45, 2.75) is 64.5 Å². The van der Waals surface area contributed by atoms with Crippen LogP contribution in [0.15, 0.2) is 5.16 Å². The Bertz CT molecular complexity index is 224. The van der Waals surface area contributed by atoms with Crippen molar-refractivity contribution in [1.82, 2.24) is 5.32 Å². The molecule has 0 radical (unpaired) electrons. The maximum absolute atomic E-state index is 8.68. The number of nitrogens with zero attached hydrogens (tertiary/aromatic N) is 1. The Kier molecular flexibility index (Phi) is 5.60. The van der Waals surface area contributed by atoms with E-state index >= 15 is 0 Å². The van der Waals surface area contributed by atoms with Crippen LogP contribution in [0.4, 0.5) is 0 Å². The van der Waals surface area contributed by atoms with E-state index in [9.17, 15) is 0 Å². The molecule has 0 heterocycles. The number of amidine groups is 1. The molecular formula is C12H25N3O. The highest BCUT2D eigenvalue weighted by molar-refractivity contribution is 5.85. The average Bonchev–Trinajstić information content (AvgIpc) is 2.35. The van der Waals surface area contributed by atoms with E-state index in [0.717, 1.165) is 12.3 Å². The van der Waals surface area contributed by atoms with Gasteiger partial charge in [0.25, 0.3) is 0 Å². The number of nitrogens with two attached hydrogens (primary N) is 1. The van der Waals surface area contributed by atoms with Gasteiger partial charge < -0.3 is 16.3 Å². The Balaban J connectivity index is 2.44. The standard InChI is InChI=1S/C12H25N3O/c1-3-11(12(13)15-16)14-9(2)10-7-5-4-6-8-10/h9-11,14,16H,3-8H2,1-2H3,(H2,13,15). The molecule has 0 aromatic carbocycles. The third-order valence-corrected chi connectivity index (χ3v) is 3.70. The van der Waals surface area contributed by atoms with Gasteiger partial charge in [0.05, 0.1) is 6.04 Å². The second kappa shape index (κ2) is 6.74. The Morgan fingerprint density at radius 2 is 2.06 bits per heavy atom. The molecule has 2 unspecified atom stereocenters. The van der Waals surface area contributed by atoms with Crippen LogP contribution in [0.2, 0.25) is 0 Å². The molecule has 0 amide bonds. The lowest BCUT2D eigenvalue weighted by Gasteiger charge is -2.31. The lowest BCUT2D eigenvalue weighted by molar-refractivity contribution is 0.270. The van der Waals surface area contributed by atoms with Crippen molar-refractivity contribution < 1.29 is 5.21 Å². The van der Waals surface area contributed by atoms with Gasteiger partial charge in [0.1, 0.15) is 0 Å². The molecular weight excluding hydrogens is 202 g/mol. The quantitative estimate of drug-likeness (QED) is 0.291. The molecule has 0 spiro atoms. The SMILES string of the molecule is CCC(NC(C)C1CCCCC1)C(N)=NO. The first kappa shape index (κ1) is 13.3. The van der Waals surface area contributed by atoms with Crippen LogP contribution in [0.1, 0.15) is 52.4 Å². The van der Waals surface area contributed by atoms with Crippen LogP contribution < -0.4 is 11.1 Å². The van der Waals surface area contributed by atoms with Gasteiger partial charge in [-0.1, -0.05) is 31.3 Å². The summed E-state index contributed by atoms with van der Waals surface area (Å²) in [6, 6.07) is 0.451. The highest BCUT2D eigenvalue weighted by Gasteiger charge is 2.23. The fourth-order valence-corrected chi connectivity index (χ4v) is 2.57. The molecule has 4 N–H and O–H groups in total. The molecule has 0 aliphatic heterocycles. The van der Waals surface area contributed by atoms with Gasteiger partial charge in [0.2, 0.25) is 0 Å². The van der Waals surface area contributed by atoms with Crippen molar-refractivity contribution in [2.75, 3.05) is 0 Å². The van der Waals surface area contributed by atoms with Gasteiger partial charge in [-0.15, -0.1) is 0 Å². The van der Waals surface area contributed by atoms with Crippen molar-refractivity contribution in [1.29, 1.82) is 0 Å². The van der Waals surface area contributed by atoms with E-state index in [1.54, 1.807) is 0 Å². The molecule has 1 aliphatic carbocycles. The van der Waals surface area contributed by atoms with Crippen LogP contribution >= 0.6 is 0 Å². The zero-order valence-corrected chi connectivity index (χ0v) is 10.4. The van der Waals surface area contributed by atoms with Crippen LogP contribution in [0.5, 0.6) is 0 Å². The second-order valence-electron chi connectivity index (χ2n) is 4.84. The van der Waals surface area contributed by atoms with E-state index in [4.69, 9.17) is 10.9 Å². The van der Waals surface area contributed by atoms with Gasteiger partial charge in [0, 0.05) is 6.04 Å². The van der Waals surface area contributed by atoms with E-state index in [1.807, 2.05) is 6.92 Å². The molecule has 1 fully saturated rings. The van der Waals surface area contributed by atoms with Crippen molar-refractivity contribution in [3.8, 4) is 0 Å². The first-order valence-corrected chi connectivity index (χ1v) is 6.42. The summed E-state index contributed by atoms with van der Waals surface area (Å²) in [5.74, 6) is 1.04. The normalized spacial score (nSPS) is 23.0. The molecule has 16 heavy (non-hydrogen) atoms. The third kappa shape index (κ3) is 3.67. The average molecular weight is 227 g/mol. The van der Waals surface area contributed by atoms with Gasteiger partial charge in [-0.25, -0.2) is 0 Å². The highest BCUT2D eigenvalue weighted by atomic mass is 16.4. The van der Waals surface area contributed by atoms with Crippen molar-refractivity contribution in [2.24, 2.45) is 16.8 Å². The Labute approximate surface area is 98.3 Å². The predicted octanol–water partition coefficient (Wildman–Crippen LogP) is 2.07. The summed E-state index contributed by atoms with van der Waals surface area (Å²) in [7, 11) is 0. The fourth-order valence-electron chi connectivity index (χ4n) is 2.57. The molecule has 4 heteroatoms. The zero-order valence-electron chi connectivity index (χ0n) is 10.4. The minimum Gasteiger partial charge on any atom is -0.409 e. The summed E-state index contributed by atoms with van der Waals surface area (Å²) in [6.07, 6.45) is 7.53. The second-order valence-corrected chi connectivity index (χ2v) is 4.84. The van der Waals surface area contributed by atoms with Crippen molar-refractivity contribution in [3.63, 3.8) is 0 Å². The minimum atomic E-state index is 0.00178. The Morgan fingerprint density at radius 1 is 1.44 bits per heavy atom. The monoisotopic (exact) mass is 227 g/mol. The molecule has 0 saturated heterocycles. The van der Waals surface area contributed by atoms with E-state index in [-0.39, 0.29) is 6.04 Å². The maximum Gasteiger partial charge on any atom is 0.156 e. The lowest BCUT2D eigenvalue weighted by Crippen LogP contribution is -2.48. The predicted molar refractivity (Wildman–Crippen MR) is 66.7 cm³/mol. The van der Waals surface area contributed by atoms with E-state index in [1.165, 1.54) is 32.1 Å². The first-order valence-electron chi connectivity index (χ1n) is 6.42. The minimum absolute atomic E-state index is 0.00178. The molecule has 0 aromatic rings. The molecule has 1 rings (SSSR count). The topological polar surface area (TPSA) is 70.6 Å². The van der Waals surface area contributed by atoms with Gasteiger partial charge in [-0.3, -0.25) is 0 Å². The Morgan fingerprint density at radius 3 is 2.56 bits per heavy atom. The van der Waals surface area contributed by atoms with E-state index < -0.39 is 0 Å². The summed E-state index contributed by atoms with van der Waals surface area (Å²) < 4.78 is 0. The van der Waals surface area contributed by atoms with Gasteiger partial charge >= 0.3 is 0 Å². The highest BCUT2D eigenvalue weighted by Crippen LogP contribution is 2.26. The summed E-state index contributed by atoms with van der Waals surface area (Å²) >= 11 is 0. The summed E-state index contributed by atoms with van der Waals surface area (Å²) in [4.78, 5) is 0. The number of oxime groups is 1. The molecule has 0 aromatic heterocycles. The van der Waals surface area contributed by atoms with Crippen LogP contribution in [-0.4, -0.2) is 23.1 Å². The molecule has 2 atom stereocenters. The first-order chi connectivity index (χ1) is 7.69. The molecule has 4 nitrogen and oxygen atoms in total. The largest absolute Gasteiger partial charge is 0.409 e. The summed E-state index contributed by atoms with van der Waals surface area (Å²) in [5, 5.41) is 15.2. The molecule has 94 valence electrons. The van der Waals surface area contributed by atoms with Crippen LogP contribution in [0.3, 0.4) is 0 Å². The Hall–Kier alpha value is -0.770. The van der Waals surface area contributed by atoms with Crippen LogP contribution in [-0.2, 0) is 0 Å². The number of hydrogen-bond donors (Lipinski definition) is 3. The van der Waals surface area contributed by atoms with Gasteiger partial charge in [-0.2, -0.15) is 0 Å². The molecule has 1 aliphatic rings. The smallest absolute Gasteiger partial charge is 0.156 e. The van der Waals surface area contributed by atoms with E-state index in [0.29, 0.717) is 11.9 Å². The molecule has 1 saturated carbocycles. The lowest BCUT2D eigenvalue weighted by atomic mass is 9.84. The number of rotatable bonds is 5. The van der Waals surface area contributed by atoms with Crippen LogP contribution in [0.25, 0.3) is 0 Å². The number of hydrogen-bond acceptors (Lipinski definition) is 3. The van der Waals surface area contributed by atoms with Crippen molar-refractivity contribution >= 4 is 5.84 Å². The third-order valence-electron chi connectivity index (χ3n) is 3.70. The zero-order chi connectivity index (χ0) is 12.0. The fraction of sp³-hybridized carbons (Fsp3) is 0.917.